The van der Waals surface area contributed by atoms with E-state index in [-0.39, 0.29) is 6.04 Å². The quantitative estimate of drug-likeness (QED) is 0.563. The van der Waals surface area contributed by atoms with Crippen LogP contribution in [0.5, 0.6) is 0 Å². The number of carbonyl (C=O) groups is 2. The lowest BCUT2D eigenvalue weighted by Gasteiger charge is -2.20. The van der Waals surface area contributed by atoms with Crippen LogP contribution in [0, 0.1) is 5.41 Å². The van der Waals surface area contributed by atoms with Crippen LogP contribution in [0.3, 0.4) is 0 Å². The van der Waals surface area contributed by atoms with E-state index in [0.717, 1.165) is 0 Å². The van der Waals surface area contributed by atoms with Gasteiger partial charge >= 0.3 is 5.97 Å². The van der Waals surface area contributed by atoms with Crippen LogP contribution in [-0.2, 0) is 14.3 Å². The van der Waals surface area contributed by atoms with Crippen molar-refractivity contribution in [3.8, 4) is 0 Å². The van der Waals surface area contributed by atoms with Crippen molar-refractivity contribution < 1.29 is 14.3 Å². The number of ether oxygens (including phenoxy) is 1. The normalized spacial score (nSPS) is 24.0. The molecule has 1 fully saturated rings. The van der Waals surface area contributed by atoms with E-state index in [2.05, 4.69) is 5.32 Å². The van der Waals surface area contributed by atoms with E-state index in [4.69, 9.17) is 51.1 Å². The maximum atomic E-state index is 12.2. The van der Waals surface area contributed by atoms with Crippen molar-refractivity contribution in [2.24, 2.45) is 5.41 Å². The van der Waals surface area contributed by atoms with Crippen molar-refractivity contribution in [1.29, 1.82) is 0 Å². The Kier molecular flexibility index (Phi) is 5.65. The van der Waals surface area contributed by atoms with Gasteiger partial charge in [-0.3, -0.25) is 9.59 Å². The molecule has 1 aromatic carbocycles. The Hall–Kier alpha value is -0.680. The van der Waals surface area contributed by atoms with Gasteiger partial charge in [-0.15, -0.1) is 23.2 Å². The summed E-state index contributed by atoms with van der Waals surface area (Å²) in [5.74, 6) is -1.03. The minimum atomic E-state index is -1.13. The van der Waals surface area contributed by atoms with Crippen LogP contribution in [0.1, 0.15) is 38.8 Å². The topological polar surface area (TPSA) is 55.4 Å². The lowest BCUT2D eigenvalue weighted by Crippen LogP contribution is -2.39. The number of carbonyl (C=O) groups excluding carboxylic acids is 2. The average molecular weight is 413 g/mol. The fourth-order valence-corrected chi connectivity index (χ4v) is 3.49. The van der Waals surface area contributed by atoms with Crippen LogP contribution in [0.2, 0.25) is 10.0 Å². The first-order valence-electron chi connectivity index (χ1n) is 7.32. The summed E-state index contributed by atoms with van der Waals surface area (Å²) in [5.41, 5.74) is -0.266. The minimum Gasteiger partial charge on any atom is -0.452 e. The summed E-state index contributed by atoms with van der Waals surface area (Å²) in [4.78, 5) is 24.3. The van der Waals surface area contributed by atoms with Crippen LogP contribution in [0.4, 0.5) is 0 Å². The lowest BCUT2D eigenvalue weighted by atomic mass is 10.1. The molecule has 0 saturated heterocycles. The molecule has 1 aliphatic carbocycles. The van der Waals surface area contributed by atoms with Gasteiger partial charge in [-0.2, -0.15) is 0 Å². The Morgan fingerprint density at radius 1 is 1.25 bits per heavy atom. The van der Waals surface area contributed by atoms with E-state index >= 15 is 0 Å². The third kappa shape index (κ3) is 3.93. The highest BCUT2D eigenvalue weighted by Crippen LogP contribution is 2.64. The first-order chi connectivity index (χ1) is 11.0. The number of rotatable bonds is 5. The molecule has 3 atom stereocenters. The monoisotopic (exact) mass is 411 g/mol. The highest BCUT2D eigenvalue weighted by molar-refractivity contribution is 6.53. The van der Waals surface area contributed by atoms with Crippen molar-refractivity contribution in [2.75, 3.05) is 0 Å². The number of nitrogens with one attached hydrogen (secondary N) is 1. The van der Waals surface area contributed by atoms with Crippen LogP contribution < -0.4 is 5.32 Å². The molecule has 8 heteroatoms. The van der Waals surface area contributed by atoms with Crippen LogP contribution in [0.25, 0.3) is 0 Å². The molecule has 1 aliphatic rings. The highest BCUT2D eigenvalue weighted by atomic mass is 35.5. The van der Waals surface area contributed by atoms with Crippen LogP contribution >= 0.6 is 46.4 Å². The van der Waals surface area contributed by atoms with Gasteiger partial charge in [0, 0.05) is 16.5 Å². The third-order valence-electron chi connectivity index (χ3n) is 4.15. The smallest absolute Gasteiger partial charge is 0.315 e. The number of hydrogen-bond donors (Lipinski definition) is 1. The van der Waals surface area contributed by atoms with Gasteiger partial charge in [0.1, 0.15) is 9.75 Å². The fourth-order valence-electron chi connectivity index (χ4n) is 2.23. The predicted molar refractivity (Wildman–Crippen MR) is 95.7 cm³/mol. The number of esters is 1. The molecule has 0 unspecified atom stereocenters. The molecule has 1 N–H and O–H groups in total. The fraction of sp³-hybridized carbons (Fsp3) is 0.500. The summed E-state index contributed by atoms with van der Waals surface area (Å²) >= 11 is 23.9. The van der Waals surface area contributed by atoms with Crippen molar-refractivity contribution in [1.82, 2.24) is 5.32 Å². The summed E-state index contributed by atoms with van der Waals surface area (Å²) in [6, 6.07) is 4.63. The molecule has 0 aliphatic heterocycles. The Labute approximate surface area is 160 Å². The van der Waals surface area contributed by atoms with E-state index in [9.17, 15) is 9.59 Å². The van der Waals surface area contributed by atoms with Gasteiger partial charge in [0.15, 0.2) is 6.10 Å². The summed E-state index contributed by atoms with van der Waals surface area (Å²) in [7, 11) is 0. The molecular weight excluding hydrogens is 396 g/mol. The molecule has 132 valence electrons. The first-order valence-corrected chi connectivity index (χ1v) is 8.83. The van der Waals surface area contributed by atoms with Crippen molar-refractivity contribution in [3.05, 3.63) is 33.8 Å². The van der Waals surface area contributed by atoms with E-state index in [0.29, 0.717) is 22.0 Å². The Morgan fingerprint density at radius 3 is 2.33 bits per heavy atom. The molecule has 0 spiro atoms. The van der Waals surface area contributed by atoms with Gasteiger partial charge in [0.25, 0.3) is 5.91 Å². The Balaban J connectivity index is 1.95. The van der Waals surface area contributed by atoms with E-state index in [1.165, 1.54) is 6.92 Å². The Morgan fingerprint density at radius 2 is 1.83 bits per heavy atom. The average Bonchev–Trinajstić information content (AvgIpc) is 2.98. The van der Waals surface area contributed by atoms with Crippen molar-refractivity contribution in [3.63, 3.8) is 0 Å². The molecule has 0 bridgehead atoms. The van der Waals surface area contributed by atoms with Gasteiger partial charge in [0.2, 0.25) is 0 Å². The predicted octanol–water partition coefficient (Wildman–Crippen LogP) is 4.69. The summed E-state index contributed by atoms with van der Waals surface area (Å²) in [6.45, 7) is 4.86. The summed E-state index contributed by atoms with van der Waals surface area (Å²) < 4.78 is 4.05. The molecule has 24 heavy (non-hydrogen) atoms. The molecule has 0 radical (unpaired) electrons. The number of hydrogen-bond acceptors (Lipinski definition) is 3. The van der Waals surface area contributed by atoms with Gasteiger partial charge in [-0.05, 0) is 38.5 Å². The zero-order chi connectivity index (χ0) is 18.3. The van der Waals surface area contributed by atoms with Crippen LogP contribution in [0.15, 0.2) is 18.2 Å². The maximum Gasteiger partial charge on any atom is 0.315 e. The summed E-state index contributed by atoms with van der Waals surface area (Å²) in [6.07, 6.45) is -0.680. The molecule has 0 heterocycles. The zero-order valence-corrected chi connectivity index (χ0v) is 16.4. The minimum absolute atomic E-state index is 0.299. The molecule has 4 nitrogen and oxygen atoms in total. The molecular formula is C16H17Cl4NO3. The molecule has 1 saturated carbocycles. The largest absolute Gasteiger partial charge is 0.452 e. The number of amides is 1. The van der Waals surface area contributed by atoms with Gasteiger partial charge in [0.05, 0.1) is 6.04 Å². The van der Waals surface area contributed by atoms with Gasteiger partial charge in [-0.25, -0.2) is 0 Å². The van der Waals surface area contributed by atoms with Crippen LogP contribution in [-0.4, -0.2) is 22.3 Å². The number of halogens is 4. The summed E-state index contributed by atoms with van der Waals surface area (Å²) in [5, 5.41) is 3.70. The highest BCUT2D eigenvalue weighted by Gasteiger charge is 2.69. The molecule has 1 aromatic rings. The second kappa shape index (κ2) is 6.91. The van der Waals surface area contributed by atoms with E-state index in [1.54, 1.807) is 32.0 Å². The van der Waals surface area contributed by atoms with Gasteiger partial charge in [-0.1, -0.05) is 29.3 Å². The van der Waals surface area contributed by atoms with E-state index < -0.39 is 27.7 Å². The maximum absolute atomic E-state index is 12.2. The second-order valence-electron chi connectivity index (χ2n) is 6.16. The lowest BCUT2D eigenvalue weighted by molar-refractivity contribution is -0.159. The number of alkyl halides is 2. The SMILES string of the molecule is C[C@H](OC(=O)[C@]1(C)CC1(Cl)Cl)C(=O)N[C@H](C)c1ccc(Cl)cc1Cl. The zero-order valence-electron chi connectivity index (χ0n) is 13.3. The van der Waals surface area contributed by atoms with Gasteiger partial charge < -0.3 is 10.1 Å². The first kappa shape index (κ1) is 19.6. The standard InChI is InChI=1S/C16H17Cl4NO3/c1-8(11-5-4-10(17)6-12(11)18)21-13(22)9(2)24-14(23)15(3)7-16(15,19)20/h4-6,8-9H,7H2,1-3H3,(H,21,22)/t8-,9+,15+/m1/s1. The Bertz CT molecular complexity index is 679. The van der Waals surface area contributed by atoms with Crippen molar-refractivity contribution >= 4 is 58.3 Å². The number of benzene rings is 1. The second-order valence-corrected chi connectivity index (χ2v) is 8.48. The molecule has 0 aromatic heterocycles. The van der Waals surface area contributed by atoms with Crippen molar-refractivity contribution in [2.45, 2.75) is 43.7 Å². The third-order valence-corrected chi connectivity index (χ3v) is 5.81. The molecule has 1 amide bonds. The molecule has 2 rings (SSSR count). The van der Waals surface area contributed by atoms with E-state index in [1.807, 2.05) is 0 Å².